The van der Waals surface area contributed by atoms with Crippen molar-refractivity contribution in [2.45, 2.75) is 50.8 Å². The van der Waals surface area contributed by atoms with E-state index in [0.29, 0.717) is 32.5 Å². The number of carbonyl (C=O) groups excluding carboxylic acids is 3. The van der Waals surface area contributed by atoms with Gasteiger partial charge in [0.2, 0.25) is 17.7 Å². The second kappa shape index (κ2) is 11.0. The predicted molar refractivity (Wildman–Crippen MR) is 139 cm³/mol. The lowest BCUT2D eigenvalue weighted by atomic mass is 9.69. The minimum Gasteiger partial charge on any atom is -0.374 e. The standard InChI is InChI=1S/C28H37N5O4/c1-27(2,29)25(35)31-23(18-37-17-20-9-7-13-30-15-20)24(34)33-14-8-12-28(19-33)22(16-32(3)26(28)36)21-10-5-4-6-11-21/h4-7,9-11,13,15,22-23H,8,12,14,16-19,29H2,1-3H3,(H,31,35)/t22-,23+,28-/m0/s1. The van der Waals surface area contributed by atoms with Gasteiger partial charge < -0.3 is 25.6 Å². The van der Waals surface area contributed by atoms with E-state index in [2.05, 4.69) is 22.4 Å². The third kappa shape index (κ3) is 5.83. The van der Waals surface area contributed by atoms with E-state index in [1.54, 1.807) is 36.0 Å². The number of ether oxygens (including phenoxy) is 1. The van der Waals surface area contributed by atoms with Crippen LogP contribution in [0.5, 0.6) is 0 Å². The van der Waals surface area contributed by atoms with Crippen LogP contribution in [0.25, 0.3) is 0 Å². The van der Waals surface area contributed by atoms with Gasteiger partial charge in [-0.15, -0.1) is 0 Å². The zero-order valence-corrected chi connectivity index (χ0v) is 21.9. The van der Waals surface area contributed by atoms with Crippen molar-refractivity contribution in [2.24, 2.45) is 11.1 Å². The van der Waals surface area contributed by atoms with Crippen LogP contribution < -0.4 is 11.1 Å². The number of piperidine rings is 1. The van der Waals surface area contributed by atoms with E-state index in [4.69, 9.17) is 10.5 Å². The van der Waals surface area contributed by atoms with Crippen molar-refractivity contribution >= 4 is 17.7 Å². The Kier molecular flexibility index (Phi) is 7.94. The number of amides is 3. The summed E-state index contributed by atoms with van der Waals surface area (Å²) in [6, 6.07) is 12.8. The maximum atomic E-state index is 13.8. The van der Waals surface area contributed by atoms with Gasteiger partial charge in [-0.25, -0.2) is 0 Å². The summed E-state index contributed by atoms with van der Waals surface area (Å²) in [4.78, 5) is 47.7. The summed E-state index contributed by atoms with van der Waals surface area (Å²) in [5, 5.41) is 2.79. The predicted octanol–water partition coefficient (Wildman–Crippen LogP) is 1.68. The average Bonchev–Trinajstić information content (AvgIpc) is 3.13. The number of hydrogen-bond acceptors (Lipinski definition) is 6. The normalized spacial score (nSPS) is 22.8. The minimum atomic E-state index is -1.16. The van der Waals surface area contributed by atoms with Crippen LogP contribution >= 0.6 is 0 Å². The van der Waals surface area contributed by atoms with E-state index >= 15 is 0 Å². The summed E-state index contributed by atoms with van der Waals surface area (Å²) in [7, 11) is 1.83. The molecule has 37 heavy (non-hydrogen) atoms. The number of likely N-dealkylation sites (N-methyl/N-ethyl adjacent to an activating group) is 1. The number of likely N-dealkylation sites (tertiary alicyclic amines) is 2. The van der Waals surface area contributed by atoms with E-state index in [1.165, 1.54) is 0 Å². The molecule has 1 spiro atoms. The van der Waals surface area contributed by atoms with Crippen LogP contribution in [-0.4, -0.2) is 77.4 Å². The second-order valence-corrected chi connectivity index (χ2v) is 10.8. The number of pyridine rings is 1. The molecule has 9 nitrogen and oxygen atoms in total. The van der Waals surface area contributed by atoms with E-state index in [1.807, 2.05) is 37.4 Å². The fraction of sp³-hybridized carbons (Fsp3) is 0.500. The van der Waals surface area contributed by atoms with Crippen LogP contribution in [-0.2, 0) is 25.7 Å². The Morgan fingerprint density at radius 1 is 1.24 bits per heavy atom. The second-order valence-electron chi connectivity index (χ2n) is 10.8. The maximum Gasteiger partial charge on any atom is 0.247 e. The van der Waals surface area contributed by atoms with Crippen LogP contribution in [0.15, 0.2) is 54.9 Å². The first-order chi connectivity index (χ1) is 17.6. The molecule has 2 saturated heterocycles. The van der Waals surface area contributed by atoms with Gasteiger partial charge in [0.25, 0.3) is 0 Å². The molecule has 9 heteroatoms. The highest BCUT2D eigenvalue weighted by molar-refractivity contribution is 5.92. The zero-order valence-electron chi connectivity index (χ0n) is 21.9. The highest BCUT2D eigenvalue weighted by Crippen LogP contribution is 2.49. The molecule has 0 bridgehead atoms. The van der Waals surface area contributed by atoms with Gasteiger partial charge in [-0.2, -0.15) is 0 Å². The van der Waals surface area contributed by atoms with Crippen molar-refractivity contribution in [3.8, 4) is 0 Å². The first-order valence-corrected chi connectivity index (χ1v) is 12.8. The number of nitrogens with two attached hydrogens (primary N) is 1. The quantitative estimate of drug-likeness (QED) is 0.562. The number of hydrogen-bond donors (Lipinski definition) is 2. The number of nitrogens with one attached hydrogen (secondary N) is 1. The molecule has 0 saturated carbocycles. The van der Waals surface area contributed by atoms with Crippen molar-refractivity contribution in [2.75, 3.05) is 33.3 Å². The van der Waals surface area contributed by atoms with E-state index in [9.17, 15) is 14.4 Å². The highest BCUT2D eigenvalue weighted by Gasteiger charge is 2.55. The van der Waals surface area contributed by atoms with Gasteiger partial charge in [-0.1, -0.05) is 36.4 Å². The molecule has 2 aliphatic heterocycles. The third-order valence-electron chi connectivity index (χ3n) is 7.40. The summed E-state index contributed by atoms with van der Waals surface area (Å²) < 4.78 is 5.83. The molecule has 3 atom stereocenters. The largest absolute Gasteiger partial charge is 0.374 e. The van der Waals surface area contributed by atoms with Gasteiger partial charge >= 0.3 is 0 Å². The van der Waals surface area contributed by atoms with Gasteiger partial charge in [0.1, 0.15) is 6.04 Å². The summed E-state index contributed by atoms with van der Waals surface area (Å²) in [5.41, 5.74) is 6.11. The maximum absolute atomic E-state index is 13.8. The molecule has 1 aromatic heterocycles. The molecule has 4 rings (SSSR count). The number of rotatable bonds is 8. The lowest BCUT2D eigenvalue weighted by Crippen LogP contribution is -2.60. The monoisotopic (exact) mass is 507 g/mol. The molecule has 2 aliphatic rings. The molecule has 3 heterocycles. The molecule has 2 fully saturated rings. The smallest absolute Gasteiger partial charge is 0.247 e. The topological polar surface area (TPSA) is 118 Å². The summed E-state index contributed by atoms with van der Waals surface area (Å²) in [6.07, 6.45) is 4.78. The van der Waals surface area contributed by atoms with Gasteiger partial charge in [0.15, 0.2) is 0 Å². The van der Waals surface area contributed by atoms with E-state index in [0.717, 1.165) is 11.1 Å². The van der Waals surface area contributed by atoms with Crippen LogP contribution in [0, 0.1) is 5.41 Å². The summed E-state index contributed by atoms with van der Waals surface area (Å²) in [5.74, 6) is -0.659. The Bertz CT molecular complexity index is 1100. The SMILES string of the molecule is CN1C[C@@H](c2ccccc2)[C@@]2(CCCN(C(=O)[C@@H](COCc3cccnc3)NC(=O)C(C)(C)N)C2)C1=O. The molecule has 2 aromatic rings. The average molecular weight is 508 g/mol. The van der Waals surface area contributed by atoms with Crippen molar-refractivity contribution in [3.63, 3.8) is 0 Å². The Labute approximate surface area is 218 Å². The van der Waals surface area contributed by atoms with Gasteiger partial charge in [-0.05, 0) is 43.9 Å². The van der Waals surface area contributed by atoms with E-state index in [-0.39, 0.29) is 30.9 Å². The van der Waals surface area contributed by atoms with Gasteiger partial charge in [0.05, 0.1) is 24.2 Å². The summed E-state index contributed by atoms with van der Waals surface area (Å²) in [6.45, 7) is 4.84. The number of nitrogens with zero attached hydrogens (tertiary/aromatic N) is 3. The molecule has 0 unspecified atom stereocenters. The molecule has 3 amide bonds. The molecule has 3 N–H and O–H groups in total. The summed E-state index contributed by atoms with van der Waals surface area (Å²) >= 11 is 0. The lowest BCUT2D eigenvalue weighted by molar-refractivity contribution is -0.147. The van der Waals surface area contributed by atoms with E-state index < -0.39 is 22.9 Å². The molecule has 0 aliphatic carbocycles. The Balaban J connectivity index is 1.54. The Hall–Kier alpha value is -3.30. The van der Waals surface area contributed by atoms with Crippen LogP contribution in [0.4, 0.5) is 0 Å². The number of carbonyl (C=O) groups is 3. The molecule has 0 radical (unpaired) electrons. The highest BCUT2D eigenvalue weighted by atomic mass is 16.5. The molecular formula is C28H37N5O4. The molecule has 198 valence electrons. The van der Waals surface area contributed by atoms with Crippen LogP contribution in [0.1, 0.15) is 43.7 Å². The fourth-order valence-electron chi connectivity index (χ4n) is 5.42. The molecule has 1 aromatic carbocycles. The van der Waals surface area contributed by atoms with Crippen LogP contribution in [0.2, 0.25) is 0 Å². The third-order valence-corrected chi connectivity index (χ3v) is 7.40. The first-order valence-electron chi connectivity index (χ1n) is 12.8. The van der Waals surface area contributed by atoms with Crippen molar-refractivity contribution in [3.05, 3.63) is 66.0 Å². The first kappa shape index (κ1) is 26.8. The molecular weight excluding hydrogens is 470 g/mol. The zero-order chi connectivity index (χ0) is 26.6. The minimum absolute atomic E-state index is 0.0142. The van der Waals surface area contributed by atoms with Crippen molar-refractivity contribution in [1.82, 2.24) is 20.1 Å². The Morgan fingerprint density at radius 3 is 2.68 bits per heavy atom. The van der Waals surface area contributed by atoms with Crippen molar-refractivity contribution in [1.29, 1.82) is 0 Å². The van der Waals surface area contributed by atoms with Crippen LogP contribution in [0.3, 0.4) is 0 Å². The number of benzene rings is 1. The Morgan fingerprint density at radius 2 is 2.00 bits per heavy atom. The fourth-order valence-corrected chi connectivity index (χ4v) is 5.42. The lowest BCUT2D eigenvalue weighted by Gasteiger charge is -2.43. The van der Waals surface area contributed by atoms with Crippen molar-refractivity contribution < 1.29 is 19.1 Å². The number of aromatic nitrogens is 1. The van der Waals surface area contributed by atoms with Gasteiger partial charge in [-0.3, -0.25) is 19.4 Å². The van der Waals surface area contributed by atoms with Gasteiger partial charge in [0, 0.05) is 45.0 Å².